The zero-order valence-corrected chi connectivity index (χ0v) is 14.3. The number of aromatic nitrogens is 2. The minimum atomic E-state index is -0.0300. The molecule has 23 heavy (non-hydrogen) atoms. The van der Waals surface area contributed by atoms with E-state index in [1.165, 1.54) is 9.75 Å². The molecule has 1 amide bonds. The Morgan fingerprint density at radius 2 is 2.00 bits per heavy atom. The summed E-state index contributed by atoms with van der Waals surface area (Å²) in [4.78, 5) is 15.0. The van der Waals surface area contributed by atoms with Gasteiger partial charge in [0.25, 0.3) is 0 Å². The summed E-state index contributed by atoms with van der Waals surface area (Å²) in [6.45, 7) is 0. The van der Waals surface area contributed by atoms with Gasteiger partial charge in [-0.15, -0.1) is 22.7 Å². The van der Waals surface area contributed by atoms with Gasteiger partial charge in [0.1, 0.15) is 0 Å². The second-order valence-corrected chi connectivity index (χ2v) is 7.83. The van der Waals surface area contributed by atoms with E-state index in [4.69, 9.17) is 0 Å². The Morgan fingerprint density at radius 3 is 2.52 bits per heavy atom. The number of nitrogens with one attached hydrogen (secondary N) is 1. The summed E-state index contributed by atoms with van der Waals surface area (Å²) in [5.41, 5.74) is 1.16. The molecule has 3 heterocycles. The van der Waals surface area contributed by atoms with Crippen LogP contribution in [0.4, 0.5) is 0 Å². The van der Waals surface area contributed by atoms with Crippen molar-refractivity contribution in [1.29, 1.82) is 0 Å². The molecule has 4 nitrogen and oxygen atoms in total. The summed E-state index contributed by atoms with van der Waals surface area (Å²) < 4.78 is 1.79. The molecule has 0 saturated heterocycles. The largest absolute Gasteiger partial charge is 0.343 e. The lowest BCUT2D eigenvalue weighted by Crippen LogP contribution is -2.29. The van der Waals surface area contributed by atoms with Gasteiger partial charge in [0.2, 0.25) is 5.91 Å². The quantitative estimate of drug-likeness (QED) is 0.770. The highest BCUT2D eigenvalue weighted by Gasteiger charge is 2.45. The standard InChI is InChI=1S/C17H17N3OS2/c1-20-10-11(9-18-20)12-8-13(12)17(21)19-16(14-4-2-6-22-14)15-5-3-7-23-15/h2-7,9-10,12-13,16H,8H2,1H3,(H,19,21)/t12-,13+/m0/s1. The number of hydrogen-bond acceptors (Lipinski definition) is 4. The molecule has 4 rings (SSSR count). The number of thiophene rings is 2. The Morgan fingerprint density at radius 1 is 1.30 bits per heavy atom. The maximum absolute atomic E-state index is 12.7. The minimum absolute atomic E-state index is 0.0300. The van der Waals surface area contributed by atoms with Crippen molar-refractivity contribution in [2.75, 3.05) is 0 Å². The van der Waals surface area contributed by atoms with E-state index in [2.05, 4.69) is 33.3 Å². The van der Waals surface area contributed by atoms with E-state index >= 15 is 0 Å². The Labute approximate surface area is 142 Å². The van der Waals surface area contributed by atoms with Crippen LogP contribution in [0.25, 0.3) is 0 Å². The number of aryl methyl sites for hydroxylation is 1. The first-order valence-electron chi connectivity index (χ1n) is 7.58. The first-order valence-corrected chi connectivity index (χ1v) is 9.34. The molecular weight excluding hydrogens is 326 g/mol. The lowest BCUT2D eigenvalue weighted by atomic mass is 10.1. The van der Waals surface area contributed by atoms with Crippen molar-refractivity contribution in [3.05, 3.63) is 62.7 Å². The topological polar surface area (TPSA) is 46.9 Å². The van der Waals surface area contributed by atoms with Crippen molar-refractivity contribution >= 4 is 28.6 Å². The third-order valence-corrected chi connectivity index (χ3v) is 6.10. The lowest BCUT2D eigenvalue weighted by Gasteiger charge is -2.16. The summed E-state index contributed by atoms with van der Waals surface area (Å²) in [6, 6.07) is 8.20. The number of amides is 1. The fourth-order valence-corrected chi connectivity index (χ4v) is 4.59. The third-order valence-electron chi connectivity index (χ3n) is 4.22. The molecule has 0 spiro atoms. The van der Waals surface area contributed by atoms with Gasteiger partial charge in [0, 0.05) is 28.9 Å². The van der Waals surface area contributed by atoms with Crippen LogP contribution in [0.3, 0.4) is 0 Å². The zero-order valence-electron chi connectivity index (χ0n) is 12.7. The molecular formula is C17H17N3OS2. The first kappa shape index (κ1) is 14.7. The summed E-state index contributed by atoms with van der Waals surface area (Å²) in [7, 11) is 1.91. The number of carbonyl (C=O) groups is 1. The predicted molar refractivity (Wildman–Crippen MR) is 92.7 cm³/mol. The van der Waals surface area contributed by atoms with Crippen LogP contribution in [0.15, 0.2) is 47.4 Å². The van der Waals surface area contributed by atoms with E-state index in [9.17, 15) is 4.79 Å². The molecule has 6 heteroatoms. The van der Waals surface area contributed by atoms with Crippen molar-refractivity contribution in [3.8, 4) is 0 Å². The summed E-state index contributed by atoms with van der Waals surface area (Å²) in [5.74, 6) is 0.531. The predicted octanol–water partition coefficient (Wildman–Crippen LogP) is 3.55. The Balaban J connectivity index is 1.49. The van der Waals surface area contributed by atoms with Gasteiger partial charge in [-0.2, -0.15) is 5.10 Å². The Hall–Kier alpha value is -1.92. The average molecular weight is 343 g/mol. The molecule has 0 aromatic carbocycles. The summed E-state index contributed by atoms with van der Waals surface area (Å²) >= 11 is 3.36. The molecule has 1 aliphatic rings. The molecule has 0 radical (unpaired) electrons. The Bertz CT molecular complexity index is 758. The SMILES string of the molecule is Cn1cc([C@@H]2C[C@H]2C(=O)NC(c2cccs2)c2cccs2)cn1. The lowest BCUT2D eigenvalue weighted by molar-refractivity contribution is -0.122. The fourth-order valence-electron chi connectivity index (χ4n) is 2.93. The minimum Gasteiger partial charge on any atom is -0.343 e. The number of carbonyl (C=O) groups excluding carboxylic acids is 1. The Kier molecular flexibility index (Phi) is 3.79. The highest BCUT2D eigenvalue weighted by molar-refractivity contribution is 7.11. The van der Waals surface area contributed by atoms with Crippen LogP contribution in [0.5, 0.6) is 0 Å². The van der Waals surface area contributed by atoms with E-state index < -0.39 is 0 Å². The molecule has 0 unspecified atom stereocenters. The van der Waals surface area contributed by atoms with Crippen LogP contribution in [0.2, 0.25) is 0 Å². The first-order chi connectivity index (χ1) is 11.2. The smallest absolute Gasteiger partial charge is 0.224 e. The number of nitrogens with zero attached hydrogens (tertiary/aromatic N) is 2. The molecule has 2 atom stereocenters. The van der Waals surface area contributed by atoms with E-state index in [1.54, 1.807) is 27.4 Å². The van der Waals surface area contributed by atoms with Crippen molar-refractivity contribution in [2.24, 2.45) is 13.0 Å². The van der Waals surface area contributed by atoms with Crippen LogP contribution in [-0.4, -0.2) is 15.7 Å². The van der Waals surface area contributed by atoms with Crippen molar-refractivity contribution in [1.82, 2.24) is 15.1 Å². The molecule has 1 fully saturated rings. The van der Waals surface area contributed by atoms with Crippen LogP contribution < -0.4 is 5.32 Å². The maximum atomic E-state index is 12.7. The van der Waals surface area contributed by atoms with Gasteiger partial charge in [-0.3, -0.25) is 9.48 Å². The van der Waals surface area contributed by atoms with Gasteiger partial charge in [-0.1, -0.05) is 12.1 Å². The second-order valence-electron chi connectivity index (χ2n) is 5.87. The van der Waals surface area contributed by atoms with Crippen LogP contribution in [0.1, 0.15) is 33.7 Å². The molecule has 1 N–H and O–H groups in total. The molecule has 0 aliphatic heterocycles. The molecule has 3 aromatic rings. The molecule has 118 valence electrons. The van der Waals surface area contributed by atoms with Crippen LogP contribution >= 0.6 is 22.7 Å². The number of rotatable bonds is 5. The number of hydrogen-bond donors (Lipinski definition) is 1. The van der Waals surface area contributed by atoms with E-state index in [0.29, 0.717) is 5.92 Å². The van der Waals surface area contributed by atoms with Crippen molar-refractivity contribution in [2.45, 2.75) is 18.4 Å². The normalized spacial score (nSPS) is 19.9. The summed E-state index contributed by atoms with van der Waals surface area (Å²) in [6.07, 6.45) is 4.79. The molecule has 1 saturated carbocycles. The van der Waals surface area contributed by atoms with Crippen molar-refractivity contribution < 1.29 is 4.79 Å². The van der Waals surface area contributed by atoms with E-state index in [-0.39, 0.29) is 17.9 Å². The second kappa shape index (κ2) is 5.94. The average Bonchev–Trinajstić information content (AvgIpc) is 3.01. The molecule has 0 bridgehead atoms. The van der Waals surface area contributed by atoms with Gasteiger partial charge >= 0.3 is 0 Å². The van der Waals surface area contributed by atoms with Crippen LogP contribution in [-0.2, 0) is 11.8 Å². The van der Waals surface area contributed by atoms with Gasteiger partial charge in [0.05, 0.1) is 12.2 Å². The highest BCUT2D eigenvalue weighted by Crippen LogP contribution is 2.47. The summed E-state index contributed by atoms with van der Waals surface area (Å²) in [5, 5.41) is 11.6. The third kappa shape index (κ3) is 2.96. The monoisotopic (exact) mass is 343 g/mol. The van der Waals surface area contributed by atoms with Crippen LogP contribution in [0, 0.1) is 5.92 Å². The maximum Gasteiger partial charge on any atom is 0.224 e. The van der Waals surface area contributed by atoms with Gasteiger partial charge in [0.15, 0.2) is 0 Å². The van der Waals surface area contributed by atoms with Gasteiger partial charge in [-0.25, -0.2) is 0 Å². The van der Waals surface area contributed by atoms with Gasteiger partial charge in [-0.05, 0) is 40.8 Å². The van der Waals surface area contributed by atoms with Crippen molar-refractivity contribution in [3.63, 3.8) is 0 Å². The zero-order chi connectivity index (χ0) is 15.8. The van der Waals surface area contributed by atoms with Gasteiger partial charge < -0.3 is 5.32 Å². The fraction of sp³-hybridized carbons (Fsp3) is 0.294. The highest BCUT2D eigenvalue weighted by atomic mass is 32.1. The molecule has 1 aliphatic carbocycles. The van der Waals surface area contributed by atoms with E-state index in [1.807, 2.05) is 31.6 Å². The molecule has 3 aromatic heterocycles. The van der Waals surface area contributed by atoms with E-state index in [0.717, 1.165) is 12.0 Å².